The van der Waals surface area contributed by atoms with Gasteiger partial charge in [-0.2, -0.15) is 0 Å². The number of rotatable bonds is 5. The maximum Gasteiger partial charge on any atom is 0.361 e. The third-order valence-corrected chi connectivity index (χ3v) is 3.12. The van der Waals surface area contributed by atoms with Gasteiger partial charge in [0.05, 0.1) is 11.1 Å². The third-order valence-electron chi connectivity index (χ3n) is 3.12. The van der Waals surface area contributed by atoms with E-state index in [9.17, 15) is 14.4 Å². The molecule has 0 N–H and O–H groups in total. The highest BCUT2D eigenvalue weighted by Crippen LogP contribution is 2.23. The highest BCUT2D eigenvalue weighted by molar-refractivity contribution is 6.20. The van der Waals surface area contributed by atoms with Gasteiger partial charge in [-0.15, -0.1) is 0 Å². The standard InChI is InChI=1S/C15H17NO5/c1-4-20-12(9(2)3)15(19)21-16-13(17)10-7-5-6-8-11(10)14(16)18/h5-9,12H,4H2,1-3H3. The molecule has 0 saturated heterocycles. The maximum atomic E-state index is 12.1. The van der Waals surface area contributed by atoms with Crippen LogP contribution in [0, 0.1) is 5.92 Å². The van der Waals surface area contributed by atoms with Crippen LogP contribution in [0.4, 0.5) is 0 Å². The van der Waals surface area contributed by atoms with E-state index in [1.54, 1.807) is 32.9 Å². The first-order chi connectivity index (χ1) is 9.97. The Bertz CT molecular complexity index is 546. The topological polar surface area (TPSA) is 72.9 Å². The molecule has 0 aromatic heterocycles. The normalized spacial score (nSPS) is 15.3. The summed E-state index contributed by atoms with van der Waals surface area (Å²) in [6, 6.07) is 6.33. The van der Waals surface area contributed by atoms with Crippen LogP contribution in [-0.4, -0.2) is 35.6 Å². The van der Waals surface area contributed by atoms with Gasteiger partial charge >= 0.3 is 5.97 Å². The van der Waals surface area contributed by atoms with Crippen LogP contribution in [0.1, 0.15) is 41.5 Å². The van der Waals surface area contributed by atoms with E-state index in [0.29, 0.717) is 11.7 Å². The number of imide groups is 1. The third kappa shape index (κ3) is 2.80. The Labute approximate surface area is 122 Å². The fourth-order valence-corrected chi connectivity index (χ4v) is 2.10. The number of hydrogen-bond acceptors (Lipinski definition) is 5. The van der Waals surface area contributed by atoms with Crippen LogP contribution in [0.15, 0.2) is 24.3 Å². The van der Waals surface area contributed by atoms with Crippen LogP contribution in [0.2, 0.25) is 0 Å². The Balaban J connectivity index is 2.16. The van der Waals surface area contributed by atoms with E-state index in [0.717, 1.165) is 0 Å². The second-order valence-corrected chi connectivity index (χ2v) is 4.98. The predicted molar refractivity (Wildman–Crippen MR) is 73.3 cm³/mol. The van der Waals surface area contributed by atoms with Gasteiger partial charge in [0.1, 0.15) is 0 Å². The molecule has 1 unspecified atom stereocenters. The lowest BCUT2D eigenvalue weighted by atomic mass is 10.1. The zero-order valence-corrected chi connectivity index (χ0v) is 12.2. The molecule has 0 aliphatic carbocycles. The molecule has 0 fully saturated rings. The summed E-state index contributed by atoms with van der Waals surface area (Å²) < 4.78 is 5.30. The van der Waals surface area contributed by atoms with E-state index < -0.39 is 23.9 Å². The first-order valence-corrected chi connectivity index (χ1v) is 6.78. The van der Waals surface area contributed by atoms with Gasteiger partial charge in [0.25, 0.3) is 11.8 Å². The number of nitrogens with zero attached hydrogens (tertiary/aromatic N) is 1. The van der Waals surface area contributed by atoms with Crippen LogP contribution in [0.5, 0.6) is 0 Å². The van der Waals surface area contributed by atoms with Crippen molar-refractivity contribution in [3.8, 4) is 0 Å². The minimum Gasteiger partial charge on any atom is -0.366 e. The number of carbonyl (C=O) groups excluding carboxylic acids is 3. The summed E-state index contributed by atoms with van der Waals surface area (Å²) in [5, 5.41) is 0.501. The Morgan fingerprint density at radius 3 is 2.10 bits per heavy atom. The fraction of sp³-hybridized carbons (Fsp3) is 0.400. The molecule has 0 radical (unpaired) electrons. The van der Waals surface area contributed by atoms with Crippen molar-refractivity contribution in [1.29, 1.82) is 0 Å². The van der Waals surface area contributed by atoms with Crippen LogP contribution in [0.25, 0.3) is 0 Å². The lowest BCUT2D eigenvalue weighted by Gasteiger charge is -2.21. The molecule has 6 heteroatoms. The highest BCUT2D eigenvalue weighted by Gasteiger charge is 2.40. The summed E-state index contributed by atoms with van der Waals surface area (Å²) >= 11 is 0. The van der Waals surface area contributed by atoms with E-state index in [2.05, 4.69) is 0 Å². The van der Waals surface area contributed by atoms with Gasteiger partial charge in [-0.05, 0) is 25.0 Å². The van der Waals surface area contributed by atoms with Crippen molar-refractivity contribution >= 4 is 17.8 Å². The zero-order valence-electron chi connectivity index (χ0n) is 12.2. The zero-order chi connectivity index (χ0) is 15.6. The van der Waals surface area contributed by atoms with Crippen molar-refractivity contribution in [1.82, 2.24) is 5.06 Å². The monoisotopic (exact) mass is 291 g/mol. The van der Waals surface area contributed by atoms with Gasteiger partial charge in [0.2, 0.25) is 0 Å². The number of hydrogen-bond donors (Lipinski definition) is 0. The SMILES string of the molecule is CCOC(C(=O)ON1C(=O)c2ccccc2C1=O)C(C)C. The van der Waals surface area contributed by atoms with E-state index in [4.69, 9.17) is 9.57 Å². The molecular formula is C15H17NO5. The quantitative estimate of drug-likeness (QED) is 0.773. The molecule has 1 heterocycles. The first-order valence-electron chi connectivity index (χ1n) is 6.78. The van der Waals surface area contributed by atoms with E-state index in [-0.39, 0.29) is 17.0 Å². The van der Waals surface area contributed by atoms with E-state index in [1.807, 2.05) is 0 Å². The van der Waals surface area contributed by atoms with Gasteiger partial charge in [0, 0.05) is 6.61 Å². The second-order valence-electron chi connectivity index (χ2n) is 4.98. The lowest BCUT2D eigenvalue weighted by molar-refractivity contribution is -0.184. The van der Waals surface area contributed by atoms with Crippen LogP contribution < -0.4 is 0 Å². The number of carbonyl (C=O) groups is 3. The molecule has 0 saturated carbocycles. The fourth-order valence-electron chi connectivity index (χ4n) is 2.10. The van der Waals surface area contributed by atoms with Gasteiger partial charge in [-0.25, -0.2) is 4.79 Å². The van der Waals surface area contributed by atoms with Gasteiger partial charge in [-0.3, -0.25) is 9.59 Å². The second kappa shape index (κ2) is 6.05. The summed E-state index contributed by atoms with van der Waals surface area (Å²) in [6.07, 6.45) is -0.820. The molecule has 2 amide bonds. The smallest absolute Gasteiger partial charge is 0.361 e. The lowest BCUT2D eigenvalue weighted by Crippen LogP contribution is -2.39. The Hall–Kier alpha value is -2.21. The molecule has 0 bridgehead atoms. The summed E-state index contributed by atoms with van der Waals surface area (Å²) in [6.45, 7) is 5.68. The highest BCUT2D eigenvalue weighted by atomic mass is 16.7. The minimum absolute atomic E-state index is 0.132. The molecule has 2 rings (SSSR count). The Morgan fingerprint density at radius 2 is 1.67 bits per heavy atom. The molecular weight excluding hydrogens is 274 g/mol. The van der Waals surface area contributed by atoms with Crippen molar-refractivity contribution in [3.63, 3.8) is 0 Å². The van der Waals surface area contributed by atoms with Gasteiger partial charge in [0.15, 0.2) is 6.10 Å². The van der Waals surface area contributed by atoms with Crippen molar-refractivity contribution < 1.29 is 24.0 Å². The summed E-state index contributed by atoms with van der Waals surface area (Å²) in [5.74, 6) is -2.15. The molecule has 21 heavy (non-hydrogen) atoms. The van der Waals surface area contributed by atoms with E-state index in [1.165, 1.54) is 12.1 Å². The molecule has 1 atom stereocenters. The summed E-state index contributed by atoms with van der Waals surface area (Å²) in [4.78, 5) is 41.2. The number of hydroxylamine groups is 2. The molecule has 1 aliphatic rings. The maximum absolute atomic E-state index is 12.1. The van der Waals surface area contributed by atoms with Crippen LogP contribution in [0.3, 0.4) is 0 Å². The van der Waals surface area contributed by atoms with Gasteiger partial charge < -0.3 is 9.57 Å². The summed E-state index contributed by atoms with van der Waals surface area (Å²) in [7, 11) is 0. The number of amides is 2. The van der Waals surface area contributed by atoms with Gasteiger partial charge in [-0.1, -0.05) is 31.0 Å². The van der Waals surface area contributed by atoms with Crippen molar-refractivity contribution in [3.05, 3.63) is 35.4 Å². The van der Waals surface area contributed by atoms with Crippen molar-refractivity contribution in [2.45, 2.75) is 26.9 Å². The minimum atomic E-state index is -0.820. The number of ether oxygens (including phenoxy) is 1. The molecule has 1 aromatic carbocycles. The van der Waals surface area contributed by atoms with Crippen molar-refractivity contribution in [2.75, 3.05) is 6.61 Å². The Morgan fingerprint density at radius 1 is 1.14 bits per heavy atom. The molecule has 6 nitrogen and oxygen atoms in total. The molecule has 1 aromatic rings. The molecule has 1 aliphatic heterocycles. The van der Waals surface area contributed by atoms with Crippen LogP contribution in [-0.2, 0) is 14.4 Å². The van der Waals surface area contributed by atoms with Crippen LogP contribution >= 0.6 is 0 Å². The Kier molecular flexibility index (Phi) is 4.37. The average Bonchev–Trinajstić information content (AvgIpc) is 2.70. The summed E-state index contributed by atoms with van der Waals surface area (Å²) in [5.41, 5.74) is 0.459. The predicted octanol–water partition coefficient (Wildman–Crippen LogP) is 1.80. The van der Waals surface area contributed by atoms with Crippen molar-refractivity contribution in [2.24, 2.45) is 5.92 Å². The van der Waals surface area contributed by atoms with E-state index >= 15 is 0 Å². The average molecular weight is 291 g/mol. The number of fused-ring (bicyclic) bond motifs is 1. The largest absolute Gasteiger partial charge is 0.366 e. The first kappa shape index (κ1) is 15.2. The number of benzene rings is 1. The molecule has 112 valence electrons. The molecule has 0 spiro atoms.